The number of unbranched alkanes of at least 4 members (excludes halogenated alkanes) is 3. The highest BCUT2D eigenvalue weighted by Crippen LogP contribution is 2.29. The molecule has 2 unspecified atom stereocenters. The van der Waals surface area contributed by atoms with Crippen molar-refractivity contribution in [1.29, 1.82) is 0 Å². The van der Waals surface area contributed by atoms with Crippen molar-refractivity contribution in [3.05, 3.63) is 33.9 Å². The first-order valence-electron chi connectivity index (χ1n) is 10.2. The van der Waals surface area contributed by atoms with E-state index in [1.54, 1.807) is 6.07 Å². The molecule has 0 bridgehead atoms. The smallest absolute Gasteiger partial charge is 0.278 e. The molecule has 0 saturated carbocycles. The average molecular weight is 408 g/mol. The van der Waals surface area contributed by atoms with Gasteiger partial charge >= 0.3 is 0 Å². The molecular formula is C20H32N4O5. The van der Waals surface area contributed by atoms with Crippen molar-refractivity contribution in [3.63, 3.8) is 0 Å². The van der Waals surface area contributed by atoms with Gasteiger partial charge in [0.1, 0.15) is 5.75 Å². The van der Waals surface area contributed by atoms with Gasteiger partial charge < -0.3 is 15.2 Å². The highest BCUT2D eigenvalue weighted by Gasteiger charge is 2.20. The van der Waals surface area contributed by atoms with Crippen LogP contribution in [0.2, 0.25) is 0 Å². The van der Waals surface area contributed by atoms with Crippen LogP contribution < -0.4 is 15.5 Å². The Morgan fingerprint density at radius 1 is 1.41 bits per heavy atom. The fourth-order valence-corrected chi connectivity index (χ4v) is 3.28. The molecule has 29 heavy (non-hydrogen) atoms. The van der Waals surface area contributed by atoms with E-state index >= 15 is 0 Å². The summed E-state index contributed by atoms with van der Waals surface area (Å²) in [5.41, 5.74) is 3.11. The lowest BCUT2D eigenvalue weighted by Gasteiger charge is -2.33. The van der Waals surface area contributed by atoms with Gasteiger partial charge in [0.05, 0.1) is 29.3 Å². The third-order valence-corrected chi connectivity index (χ3v) is 4.99. The molecule has 1 aromatic rings. The Hall–Kier alpha value is -2.23. The molecule has 1 aliphatic heterocycles. The highest BCUT2D eigenvalue weighted by molar-refractivity contribution is 5.75. The summed E-state index contributed by atoms with van der Waals surface area (Å²) >= 11 is 0. The van der Waals surface area contributed by atoms with E-state index in [9.17, 15) is 20.0 Å². The summed E-state index contributed by atoms with van der Waals surface area (Å²) in [6.45, 7) is 6.61. The molecule has 3 N–H and O–H groups in total. The van der Waals surface area contributed by atoms with E-state index in [4.69, 9.17) is 4.74 Å². The van der Waals surface area contributed by atoms with Crippen LogP contribution in [-0.4, -0.2) is 53.2 Å². The Kier molecular flexibility index (Phi) is 9.30. The monoisotopic (exact) mass is 408 g/mol. The number of benzene rings is 1. The van der Waals surface area contributed by atoms with Crippen LogP contribution >= 0.6 is 0 Å². The number of ether oxygens (including phenoxy) is 1. The molecule has 0 aliphatic carbocycles. The molecule has 2 rings (SSSR count). The molecule has 9 heteroatoms. The molecular weight excluding hydrogens is 376 g/mol. The van der Waals surface area contributed by atoms with Gasteiger partial charge in [-0.2, -0.15) is 0 Å². The number of nitrogens with one attached hydrogen (secondary N) is 2. The minimum atomic E-state index is -0.906. The zero-order valence-corrected chi connectivity index (χ0v) is 17.2. The number of aliphatic hydroxyl groups excluding tert-OH is 1. The van der Waals surface area contributed by atoms with Crippen molar-refractivity contribution in [2.24, 2.45) is 0 Å². The largest absolute Gasteiger partial charge is 0.493 e. The summed E-state index contributed by atoms with van der Waals surface area (Å²) in [6.07, 6.45) is 3.07. The number of nitrogens with zero attached hydrogens (tertiary/aromatic N) is 2. The second-order valence-corrected chi connectivity index (χ2v) is 7.45. The summed E-state index contributed by atoms with van der Waals surface area (Å²) < 4.78 is 5.59. The van der Waals surface area contributed by atoms with E-state index in [0.717, 1.165) is 45.3 Å². The SMILES string of the molecule is CC(O)c1ccc(OCCCCCCC(=O)NN2CCNCC2C)cc1[N+](=O)[O-]. The molecule has 1 saturated heterocycles. The van der Waals surface area contributed by atoms with Crippen LogP contribution in [0.4, 0.5) is 5.69 Å². The number of nitro groups is 1. The minimum Gasteiger partial charge on any atom is -0.493 e. The first kappa shape index (κ1) is 23.1. The number of carbonyl (C=O) groups is 1. The summed E-state index contributed by atoms with van der Waals surface area (Å²) in [5.74, 6) is 0.478. The van der Waals surface area contributed by atoms with Crippen molar-refractivity contribution in [2.75, 3.05) is 26.2 Å². The first-order valence-corrected chi connectivity index (χ1v) is 10.2. The number of rotatable bonds is 11. The zero-order chi connectivity index (χ0) is 21.2. The van der Waals surface area contributed by atoms with E-state index in [1.165, 1.54) is 19.1 Å². The van der Waals surface area contributed by atoms with Crippen LogP contribution in [-0.2, 0) is 4.79 Å². The van der Waals surface area contributed by atoms with Gasteiger partial charge in [-0.3, -0.25) is 20.3 Å². The van der Waals surface area contributed by atoms with Crippen molar-refractivity contribution < 1.29 is 19.6 Å². The quantitative estimate of drug-likeness (QED) is 0.292. The Morgan fingerprint density at radius 2 is 2.17 bits per heavy atom. The van der Waals surface area contributed by atoms with Crippen molar-refractivity contribution in [3.8, 4) is 5.75 Å². The molecule has 9 nitrogen and oxygen atoms in total. The Morgan fingerprint density at radius 3 is 2.86 bits per heavy atom. The number of amides is 1. The van der Waals surface area contributed by atoms with Gasteiger partial charge in [0.15, 0.2) is 0 Å². The lowest BCUT2D eigenvalue weighted by molar-refractivity contribution is -0.386. The van der Waals surface area contributed by atoms with Gasteiger partial charge in [0.2, 0.25) is 5.91 Å². The summed E-state index contributed by atoms with van der Waals surface area (Å²) in [4.78, 5) is 22.6. The molecule has 0 radical (unpaired) electrons. The van der Waals surface area contributed by atoms with E-state index in [-0.39, 0.29) is 17.2 Å². The van der Waals surface area contributed by atoms with Crippen molar-refractivity contribution >= 4 is 11.6 Å². The lowest BCUT2D eigenvalue weighted by atomic mass is 10.1. The summed E-state index contributed by atoms with van der Waals surface area (Å²) in [7, 11) is 0. The highest BCUT2D eigenvalue weighted by atomic mass is 16.6. The molecule has 0 aromatic heterocycles. The van der Waals surface area contributed by atoms with Crippen LogP contribution in [0, 0.1) is 10.1 Å². The van der Waals surface area contributed by atoms with E-state index in [0.29, 0.717) is 24.8 Å². The van der Waals surface area contributed by atoms with Crippen molar-refractivity contribution in [1.82, 2.24) is 15.8 Å². The third-order valence-electron chi connectivity index (χ3n) is 4.99. The minimum absolute atomic E-state index is 0.0560. The summed E-state index contributed by atoms with van der Waals surface area (Å²) in [6, 6.07) is 4.81. The predicted molar refractivity (Wildman–Crippen MR) is 109 cm³/mol. The second-order valence-electron chi connectivity index (χ2n) is 7.45. The standard InChI is InChI=1S/C20H32N4O5/c1-15-14-21-10-11-23(15)22-20(26)7-5-3-4-6-12-29-17-8-9-18(16(2)25)19(13-17)24(27)28/h8-9,13,15-16,21,25H,3-7,10-12,14H2,1-2H3,(H,22,26). The number of hydrogen-bond donors (Lipinski definition) is 3. The fraction of sp³-hybridized carbons (Fsp3) is 0.650. The Labute approximate surface area is 171 Å². The lowest BCUT2D eigenvalue weighted by Crippen LogP contribution is -2.57. The van der Waals surface area contributed by atoms with Crippen LogP contribution in [0.25, 0.3) is 0 Å². The second kappa shape index (κ2) is 11.7. The predicted octanol–water partition coefficient (Wildman–Crippen LogP) is 2.30. The van der Waals surface area contributed by atoms with Gasteiger partial charge in [-0.25, -0.2) is 5.01 Å². The van der Waals surface area contributed by atoms with Crippen LogP contribution in [0.15, 0.2) is 18.2 Å². The van der Waals surface area contributed by atoms with Gasteiger partial charge in [-0.15, -0.1) is 0 Å². The van der Waals surface area contributed by atoms with E-state index in [2.05, 4.69) is 17.7 Å². The first-order chi connectivity index (χ1) is 13.9. The number of hydrogen-bond acceptors (Lipinski definition) is 7. The Balaban J connectivity index is 1.60. The third kappa shape index (κ3) is 7.60. The zero-order valence-electron chi connectivity index (χ0n) is 17.2. The van der Waals surface area contributed by atoms with Crippen LogP contribution in [0.3, 0.4) is 0 Å². The molecule has 0 spiro atoms. The van der Waals surface area contributed by atoms with Gasteiger partial charge in [0, 0.05) is 32.1 Å². The van der Waals surface area contributed by atoms with Gasteiger partial charge in [0.25, 0.3) is 5.69 Å². The fourth-order valence-electron chi connectivity index (χ4n) is 3.28. The molecule has 1 aromatic carbocycles. The summed E-state index contributed by atoms with van der Waals surface area (Å²) in [5, 5.41) is 26.0. The van der Waals surface area contributed by atoms with Crippen molar-refractivity contribution in [2.45, 2.75) is 58.1 Å². The number of nitro benzene ring substituents is 1. The molecule has 162 valence electrons. The normalized spacial score (nSPS) is 18.2. The molecule has 1 aliphatic rings. The Bertz CT molecular complexity index is 683. The van der Waals surface area contributed by atoms with Crippen LogP contribution in [0.5, 0.6) is 5.75 Å². The molecule has 1 heterocycles. The van der Waals surface area contributed by atoms with Gasteiger partial charge in [-0.1, -0.05) is 12.8 Å². The van der Waals surface area contributed by atoms with E-state index in [1.807, 2.05) is 5.01 Å². The number of carbonyl (C=O) groups excluding carboxylic acids is 1. The molecule has 2 atom stereocenters. The topological polar surface area (TPSA) is 117 Å². The average Bonchev–Trinajstić information content (AvgIpc) is 2.68. The van der Waals surface area contributed by atoms with Crippen LogP contribution in [0.1, 0.15) is 57.6 Å². The maximum atomic E-state index is 12.0. The molecule has 1 fully saturated rings. The number of aliphatic hydroxyl groups is 1. The van der Waals surface area contributed by atoms with Gasteiger partial charge in [-0.05, 0) is 38.8 Å². The maximum Gasteiger partial charge on any atom is 0.278 e. The molecule has 1 amide bonds. The number of hydrazine groups is 1. The number of piperazine rings is 1. The maximum absolute atomic E-state index is 12.0. The van der Waals surface area contributed by atoms with E-state index < -0.39 is 11.0 Å².